The molecule has 0 unspecified atom stereocenters. The summed E-state index contributed by atoms with van der Waals surface area (Å²) in [5.41, 5.74) is 2.62. The Morgan fingerprint density at radius 3 is 2.95 bits per heavy atom. The van der Waals surface area contributed by atoms with E-state index in [9.17, 15) is 0 Å². The first kappa shape index (κ1) is 14.7. The average Bonchev–Trinajstić information content (AvgIpc) is 3.15. The summed E-state index contributed by atoms with van der Waals surface area (Å²) in [6.07, 6.45) is 2.27. The zero-order chi connectivity index (χ0) is 14.5. The number of hydrogen-bond donors (Lipinski definition) is 1. The summed E-state index contributed by atoms with van der Waals surface area (Å²) in [5.74, 6) is 0. The van der Waals surface area contributed by atoms with Gasteiger partial charge >= 0.3 is 0 Å². The van der Waals surface area contributed by atoms with Gasteiger partial charge in [0.2, 0.25) is 0 Å². The molecule has 0 bridgehead atoms. The van der Waals surface area contributed by atoms with Crippen molar-refractivity contribution in [3.8, 4) is 0 Å². The molecule has 3 rings (SSSR count). The number of aromatic nitrogens is 1. The standard InChI is InChI=1S/C17H23N3S/c1-2-15-13-21-17(19-15)10-18-16-8-9-20(12-16)11-14-6-4-3-5-7-14/h3-7,13,16,18H,2,8-12H2,1H3/t16-/m0/s1. The maximum absolute atomic E-state index is 4.62. The number of hydrogen-bond acceptors (Lipinski definition) is 4. The largest absolute Gasteiger partial charge is 0.306 e. The first-order valence-corrected chi connectivity index (χ1v) is 8.64. The van der Waals surface area contributed by atoms with Gasteiger partial charge in [0.15, 0.2) is 0 Å². The summed E-state index contributed by atoms with van der Waals surface area (Å²) in [5, 5.41) is 7.05. The van der Waals surface area contributed by atoms with Crippen LogP contribution in [0.1, 0.15) is 29.6 Å². The Hall–Kier alpha value is -1.23. The lowest BCUT2D eigenvalue weighted by atomic mass is 10.2. The minimum absolute atomic E-state index is 0.600. The van der Waals surface area contributed by atoms with Crippen LogP contribution in [0.5, 0.6) is 0 Å². The molecule has 1 aliphatic heterocycles. The topological polar surface area (TPSA) is 28.2 Å². The monoisotopic (exact) mass is 301 g/mol. The van der Waals surface area contributed by atoms with Gasteiger partial charge in [-0.3, -0.25) is 4.90 Å². The molecular weight excluding hydrogens is 278 g/mol. The van der Waals surface area contributed by atoms with Crippen LogP contribution in [0.4, 0.5) is 0 Å². The predicted molar refractivity (Wildman–Crippen MR) is 88.5 cm³/mol. The number of rotatable bonds is 6. The Labute approximate surface area is 131 Å². The van der Waals surface area contributed by atoms with Gasteiger partial charge in [-0.15, -0.1) is 11.3 Å². The minimum Gasteiger partial charge on any atom is -0.306 e. The quantitative estimate of drug-likeness (QED) is 0.889. The molecule has 0 radical (unpaired) electrons. The van der Waals surface area contributed by atoms with Crippen molar-refractivity contribution < 1.29 is 0 Å². The number of benzene rings is 1. The van der Waals surface area contributed by atoms with E-state index in [1.54, 1.807) is 11.3 Å². The van der Waals surface area contributed by atoms with Gasteiger partial charge in [-0.05, 0) is 18.4 Å². The maximum Gasteiger partial charge on any atom is 0.107 e. The smallest absolute Gasteiger partial charge is 0.107 e. The molecule has 1 aliphatic rings. The van der Waals surface area contributed by atoms with E-state index in [-0.39, 0.29) is 0 Å². The van der Waals surface area contributed by atoms with Crippen LogP contribution in [0, 0.1) is 0 Å². The third-order valence-electron chi connectivity index (χ3n) is 4.02. The van der Waals surface area contributed by atoms with E-state index < -0.39 is 0 Å². The Bertz CT molecular complexity index is 552. The fraction of sp³-hybridized carbons (Fsp3) is 0.471. The van der Waals surface area contributed by atoms with Crippen LogP contribution in [0.15, 0.2) is 35.7 Å². The molecule has 3 nitrogen and oxygen atoms in total. The van der Waals surface area contributed by atoms with Gasteiger partial charge in [0, 0.05) is 37.6 Å². The number of nitrogens with zero attached hydrogens (tertiary/aromatic N) is 2. The molecule has 1 saturated heterocycles. The van der Waals surface area contributed by atoms with Crippen LogP contribution < -0.4 is 5.32 Å². The highest BCUT2D eigenvalue weighted by Gasteiger charge is 2.22. The van der Waals surface area contributed by atoms with E-state index in [1.807, 2.05) is 0 Å². The van der Waals surface area contributed by atoms with Gasteiger partial charge < -0.3 is 5.32 Å². The molecule has 0 saturated carbocycles. The molecule has 4 heteroatoms. The summed E-state index contributed by atoms with van der Waals surface area (Å²) < 4.78 is 0. The summed E-state index contributed by atoms with van der Waals surface area (Å²) in [6.45, 7) is 6.46. The fourth-order valence-electron chi connectivity index (χ4n) is 2.81. The summed E-state index contributed by atoms with van der Waals surface area (Å²) in [4.78, 5) is 7.15. The van der Waals surface area contributed by atoms with Crippen LogP contribution in [-0.2, 0) is 19.5 Å². The summed E-state index contributed by atoms with van der Waals surface area (Å²) in [7, 11) is 0. The number of thiazole rings is 1. The van der Waals surface area contributed by atoms with Crippen molar-refractivity contribution >= 4 is 11.3 Å². The Balaban J connectivity index is 1.44. The van der Waals surface area contributed by atoms with E-state index in [4.69, 9.17) is 0 Å². The van der Waals surface area contributed by atoms with Gasteiger partial charge in [0.05, 0.1) is 5.69 Å². The second kappa shape index (κ2) is 7.16. The van der Waals surface area contributed by atoms with E-state index >= 15 is 0 Å². The molecule has 2 heterocycles. The molecule has 0 amide bonds. The van der Waals surface area contributed by atoms with Crippen molar-refractivity contribution in [2.24, 2.45) is 0 Å². The molecule has 1 N–H and O–H groups in total. The molecule has 112 valence electrons. The van der Waals surface area contributed by atoms with Gasteiger partial charge in [0.25, 0.3) is 0 Å². The normalized spacial score (nSPS) is 19.2. The molecule has 0 spiro atoms. The van der Waals surface area contributed by atoms with Crippen molar-refractivity contribution in [1.82, 2.24) is 15.2 Å². The highest BCUT2D eigenvalue weighted by Crippen LogP contribution is 2.15. The Kier molecular flexibility index (Phi) is 5.01. The number of aryl methyl sites for hydroxylation is 1. The van der Waals surface area contributed by atoms with E-state index in [0.29, 0.717) is 6.04 Å². The second-order valence-electron chi connectivity index (χ2n) is 5.67. The van der Waals surface area contributed by atoms with Crippen molar-refractivity contribution in [3.63, 3.8) is 0 Å². The first-order valence-electron chi connectivity index (χ1n) is 7.76. The van der Waals surface area contributed by atoms with Gasteiger partial charge in [0.1, 0.15) is 5.01 Å². The summed E-state index contributed by atoms with van der Waals surface area (Å²) >= 11 is 1.77. The molecule has 21 heavy (non-hydrogen) atoms. The molecular formula is C17H23N3S. The highest BCUT2D eigenvalue weighted by molar-refractivity contribution is 7.09. The third-order valence-corrected chi connectivity index (χ3v) is 4.92. The Morgan fingerprint density at radius 2 is 2.19 bits per heavy atom. The molecule has 1 atom stereocenters. The van der Waals surface area contributed by atoms with Crippen LogP contribution in [0.3, 0.4) is 0 Å². The third kappa shape index (κ3) is 4.13. The number of nitrogens with one attached hydrogen (secondary N) is 1. The molecule has 0 aliphatic carbocycles. The molecule has 2 aromatic rings. The second-order valence-corrected chi connectivity index (χ2v) is 6.62. The molecule has 1 fully saturated rings. The van der Waals surface area contributed by atoms with Crippen LogP contribution in [-0.4, -0.2) is 29.0 Å². The van der Waals surface area contributed by atoms with Crippen LogP contribution in [0.25, 0.3) is 0 Å². The van der Waals surface area contributed by atoms with Crippen molar-refractivity contribution in [2.75, 3.05) is 13.1 Å². The highest BCUT2D eigenvalue weighted by atomic mass is 32.1. The van der Waals surface area contributed by atoms with Crippen molar-refractivity contribution in [3.05, 3.63) is 52.0 Å². The lowest BCUT2D eigenvalue weighted by molar-refractivity contribution is 0.320. The molecule has 1 aromatic heterocycles. The van der Waals surface area contributed by atoms with Crippen LogP contribution >= 0.6 is 11.3 Å². The Morgan fingerprint density at radius 1 is 1.33 bits per heavy atom. The van der Waals surface area contributed by atoms with Gasteiger partial charge in [-0.25, -0.2) is 4.98 Å². The lowest BCUT2D eigenvalue weighted by Crippen LogP contribution is -2.31. The van der Waals surface area contributed by atoms with Gasteiger partial charge in [-0.2, -0.15) is 0 Å². The number of likely N-dealkylation sites (tertiary alicyclic amines) is 1. The van der Waals surface area contributed by atoms with Gasteiger partial charge in [-0.1, -0.05) is 37.3 Å². The fourth-order valence-corrected chi connectivity index (χ4v) is 3.64. The first-order chi connectivity index (χ1) is 10.3. The van der Waals surface area contributed by atoms with E-state index in [1.165, 1.54) is 29.2 Å². The lowest BCUT2D eigenvalue weighted by Gasteiger charge is -2.16. The summed E-state index contributed by atoms with van der Waals surface area (Å²) in [6, 6.07) is 11.3. The molecule has 1 aromatic carbocycles. The zero-order valence-corrected chi connectivity index (χ0v) is 13.4. The van der Waals surface area contributed by atoms with E-state index in [0.717, 1.165) is 26.1 Å². The van der Waals surface area contributed by atoms with E-state index in [2.05, 4.69) is 57.8 Å². The van der Waals surface area contributed by atoms with Crippen LogP contribution in [0.2, 0.25) is 0 Å². The maximum atomic E-state index is 4.62. The zero-order valence-electron chi connectivity index (χ0n) is 12.6. The minimum atomic E-state index is 0.600. The van der Waals surface area contributed by atoms with Crippen molar-refractivity contribution in [1.29, 1.82) is 0 Å². The SMILES string of the molecule is CCc1csc(CN[C@H]2CCN(Cc3ccccc3)C2)n1. The van der Waals surface area contributed by atoms with Crippen molar-refractivity contribution in [2.45, 2.75) is 38.9 Å². The average molecular weight is 301 g/mol. The predicted octanol–water partition coefficient (Wildman–Crippen LogP) is 3.07.